The Bertz CT molecular complexity index is 505. The summed E-state index contributed by atoms with van der Waals surface area (Å²) < 4.78 is 5.18. The second-order valence-corrected chi connectivity index (χ2v) is 4.09. The quantitative estimate of drug-likeness (QED) is 0.834. The molecule has 2 aromatic heterocycles. The summed E-state index contributed by atoms with van der Waals surface area (Å²) in [4.78, 5) is 7.77. The first kappa shape index (κ1) is 11.3. The fourth-order valence-electron chi connectivity index (χ4n) is 0.999. The molecule has 2 heterocycles. The molecule has 0 radical (unpaired) electrons. The maximum absolute atomic E-state index is 9.14. The second-order valence-electron chi connectivity index (χ2n) is 2.80. The van der Waals surface area contributed by atoms with Crippen LogP contribution in [0.5, 0.6) is 0 Å². The van der Waals surface area contributed by atoms with Crippen molar-refractivity contribution in [2.45, 2.75) is 23.8 Å². The molecule has 0 aliphatic heterocycles. The maximum atomic E-state index is 9.14. The molecule has 6 nitrogen and oxygen atoms in total. The zero-order valence-corrected chi connectivity index (χ0v) is 9.79. The van der Waals surface area contributed by atoms with Gasteiger partial charge in [-0.15, -0.1) is 10.2 Å². The van der Waals surface area contributed by atoms with Gasteiger partial charge in [0.1, 0.15) is 16.5 Å². The van der Waals surface area contributed by atoms with Gasteiger partial charge in [-0.2, -0.15) is 0 Å². The van der Waals surface area contributed by atoms with Gasteiger partial charge in [0.05, 0.1) is 6.61 Å². The van der Waals surface area contributed by atoms with Crippen molar-refractivity contribution in [3.63, 3.8) is 0 Å². The molecule has 0 atom stereocenters. The topological polar surface area (TPSA) is 84.9 Å². The summed E-state index contributed by atoms with van der Waals surface area (Å²) in [6.07, 6.45) is 1.31. The highest BCUT2D eigenvalue weighted by molar-refractivity contribution is 7.99. The van der Waals surface area contributed by atoms with Crippen LogP contribution in [0.15, 0.2) is 21.0 Å². The molecular weight excluding hydrogens is 252 g/mol. The van der Waals surface area contributed by atoms with Crippen LogP contribution in [0.2, 0.25) is 5.15 Å². The molecule has 1 N–H and O–H groups in total. The van der Waals surface area contributed by atoms with Crippen LogP contribution in [-0.2, 0) is 6.61 Å². The molecule has 0 unspecified atom stereocenters. The molecule has 0 amide bonds. The van der Waals surface area contributed by atoms with Crippen molar-refractivity contribution in [2.24, 2.45) is 0 Å². The first-order valence-corrected chi connectivity index (χ1v) is 5.48. The lowest BCUT2D eigenvalue weighted by atomic mass is 10.4. The lowest BCUT2D eigenvalue weighted by Crippen LogP contribution is -1.95. The summed E-state index contributed by atoms with van der Waals surface area (Å²) in [5.74, 6) is 0.466. The molecule has 0 aliphatic carbocycles. The van der Waals surface area contributed by atoms with E-state index in [2.05, 4.69) is 20.2 Å². The standard InChI is InChI=1S/C8H7ClN4O2S/c1-4-12-13-8(15-4)16-7-5(2-14)6(9)10-3-11-7/h3,14H,2H2,1H3. The van der Waals surface area contributed by atoms with Crippen LogP contribution in [0.4, 0.5) is 0 Å². The van der Waals surface area contributed by atoms with E-state index in [9.17, 15) is 0 Å². The number of rotatable bonds is 3. The molecule has 0 aromatic carbocycles. The van der Waals surface area contributed by atoms with Crippen LogP contribution in [0, 0.1) is 6.92 Å². The number of aryl methyl sites for hydroxylation is 1. The lowest BCUT2D eigenvalue weighted by Gasteiger charge is -2.03. The highest BCUT2D eigenvalue weighted by Gasteiger charge is 2.13. The third-order valence-electron chi connectivity index (χ3n) is 1.70. The van der Waals surface area contributed by atoms with Crippen molar-refractivity contribution in [3.8, 4) is 0 Å². The van der Waals surface area contributed by atoms with E-state index in [4.69, 9.17) is 21.1 Å². The van der Waals surface area contributed by atoms with Crippen molar-refractivity contribution in [3.05, 3.63) is 22.9 Å². The molecule has 0 aliphatic rings. The Kier molecular flexibility index (Phi) is 3.37. The van der Waals surface area contributed by atoms with Gasteiger partial charge in [0.15, 0.2) is 0 Å². The van der Waals surface area contributed by atoms with Gasteiger partial charge in [0.25, 0.3) is 5.22 Å². The summed E-state index contributed by atoms with van der Waals surface area (Å²) in [6.45, 7) is 1.45. The minimum Gasteiger partial charge on any atom is -0.416 e. The third kappa shape index (κ3) is 2.31. The summed E-state index contributed by atoms with van der Waals surface area (Å²) in [7, 11) is 0. The van der Waals surface area contributed by atoms with Crippen molar-refractivity contribution in [1.29, 1.82) is 0 Å². The van der Waals surface area contributed by atoms with Crippen LogP contribution in [-0.4, -0.2) is 25.3 Å². The van der Waals surface area contributed by atoms with E-state index >= 15 is 0 Å². The van der Waals surface area contributed by atoms with Gasteiger partial charge in [0.2, 0.25) is 5.89 Å². The van der Waals surface area contributed by atoms with Crippen LogP contribution in [0.3, 0.4) is 0 Å². The third-order valence-corrected chi connectivity index (χ3v) is 2.91. The molecule has 0 fully saturated rings. The second kappa shape index (κ2) is 4.77. The number of hydrogen-bond acceptors (Lipinski definition) is 7. The van der Waals surface area contributed by atoms with E-state index in [1.54, 1.807) is 6.92 Å². The van der Waals surface area contributed by atoms with Gasteiger partial charge in [-0.25, -0.2) is 9.97 Å². The molecule has 0 bridgehead atoms. The monoisotopic (exact) mass is 258 g/mol. The van der Waals surface area contributed by atoms with Gasteiger partial charge >= 0.3 is 0 Å². The number of aromatic nitrogens is 4. The Morgan fingerprint density at radius 2 is 2.25 bits per heavy atom. The van der Waals surface area contributed by atoms with E-state index in [1.165, 1.54) is 6.33 Å². The Morgan fingerprint density at radius 3 is 2.88 bits per heavy atom. The largest absolute Gasteiger partial charge is 0.416 e. The molecule has 2 rings (SSSR count). The predicted molar refractivity (Wildman–Crippen MR) is 56.1 cm³/mol. The van der Waals surface area contributed by atoms with Crippen molar-refractivity contribution >= 4 is 23.4 Å². The van der Waals surface area contributed by atoms with Crippen molar-refractivity contribution < 1.29 is 9.52 Å². The van der Waals surface area contributed by atoms with E-state index < -0.39 is 0 Å². The van der Waals surface area contributed by atoms with Gasteiger partial charge in [-0.3, -0.25) is 0 Å². The molecule has 2 aromatic rings. The summed E-state index contributed by atoms with van der Waals surface area (Å²) in [5, 5.41) is 17.7. The number of nitrogens with zero attached hydrogens (tertiary/aromatic N) is 4. The van der Waals surface area contributed by atoms with Gasteiger partial charge in [-0.05, 0) is 11.8 Å². The van der Waals surface area contributed by atoms with E-state index in [0.29, 0.717) is 21.7 Å². The van der Waals surface area contributed by atoms with Crippen LogP contribution in [0.25, 0.3) is 0 Å². The van der Waals surface area contributed by atoms with Crippen LogP contribution in [0.1, 0.15) is 11.5 Å². The number of halogens is 1. The van der Waals surface area contributed by atoms with E-state index in [0.717, 1.165) is 11.8 Å². The van der Waals surface area contributed by atoms with Gasteiger partial charge < -0.3 is 9.52 Å². The van der Waals surface area contributed by atoms with E-state index in [1.807, 2.05) is 0 Å². The zero-order valence-electron chi connectivity index (χ0n) is 8.21. The summed E-state index contributed by atoms with van der Waals surface area (Å²) in [5.41, 5.74) is 0.449. The summed E-state index contributed by atoms with van der Waals surface area (Å²) in [6, 6.07) is 0. The van der Waals surface area contributed by atoms with Crippen molar-refractivity contribution in [1.82, 2.24) is 20.2 Å². The highest BCUT2D eigenvalue weighted by Crippen LogP contribution is 2.29. The first-order valence-electron chi connectivity index (χ1n) is 4.29. The average Bonchev–Trinajstić information content (AvgIpc) is 2.64. The first-order chi connectivity index (χ1) is 7.70. The Hall–Kier alpha value is -1.18. The Labute approximate surface area is 100 Å². The van der Waals surface area contributed by atoms with Gasteiger partial charge in [-0.1, -0.05) is 11.6 Å². The number of aliphatic hydroxyl groups is 1. The number of hydrogen-bond donors (Lipinski definition) is 1. The Balaban J connectivity index is 2.30. The lowest BCUT2D eigenvalue weighted by molar-refractivity contribution is 0.277. The molecule has 8 heteroatoms. The molecule has 0 saturated carbocycles. The van der Waals surface area contributed by atoms with Crippen LogP contribution >= 0.6 is 23.4 Å². The molecule has 0 spiro atoms. The maximum Gasteiger partial charge on any atom is 0.282 e. The highest BCUT2D eigenvalue weighted by atomic mass is 35.5. The predicted octanol–water partition coefficient (Wildman–Crippen LogP) is 1.46. The Morgan fingerprint density at radius 1 is 1.44 bits per heavy atom. The molecular formula is C8H7ClN4O2S. The smallest absolute Gasteiger partial charge is 0.282 e. The molecule has 0 saturated heterocycles. The van der Waals surface area contributed by atoms with Crippen LogP contribution < -0.4 is 0 Å². The minimum absolute atomic E-state index is 0.219. The number of aliphatic hydroxyl groups excluding tert-OH is 1. The molecule has 84 valence electrons. The van der Waals surface area contributed by atoms with E-state index in [-0.39, 0.29) is 11.8 Å². The average molecular weight is 259 g/mol. The fourth-order valence-corrected chi connectivity index (χ4v) is 2.04. The SMILES string of the molecule is Cc1nnc(Sc2ncnc(Cl)c2CO)o1. The normalized spacial score (nSPS) is 10.7. The molecule has 16 heavy (non-hydrogen) atoms. The minimum atomic E-state index is -0.241. The van der Waals surface area contributed by atoms with Gasteiger partial charge in [0, 0.05) is 12.5 Å². The van der Waals surface area contributed by atoms with Crippen molar-refractivity contribution in [2.75, 3.05) is 0 Å². The summed E-state index contributed by atoms with van der Waals surface area (Å²) >= 11 is 6.95. The zero-order chi connectivity index (χ0) is 11.5. The fraction of sp³-hybridized carbons (Fsp3) is 0.250.